The first-order chi connectivity index (χ1) is 8.45. The molecule has 1 aromatic rings. The van der Waals surface area contributed by atoms with Crippen LogP contribution in [0, 0.1) is 23.0 Å². The SMILES string of the molecule is CC(CC#N)N(C)CC(=O)c1ccc(F)cc1F. The van der Waals surface area contributed by atoms with Gasteiger partial charge in [0.05, 0.1) is 24.6 Å². The highest BCUT2D eigenvalue weighted by molar-refractivity contribution is 5.97. The molecule has 0 heterocycles. The molecule has 1 atom stereocenters. The number of carbonyl (C=O) groups excluding carboxylic acids is 1. The topological polar surface area (TPSA) is 44.1 Å². The maximum Gasteiger partial charge on any atom is 0.179 e. The fraction of sp³-hybridized carbons (Fsp3) is 0.385. The lowest BCUT2D eigenvalue weighted by Crippen LogP contribution is -2.34. The maximum atomic E-state index is 13.4. The molecule has 1 unspecified atom stereocenters. The number of carbonyl (C=O) groups is 1. The quantitative estimate of drug-likeness (QED) is 0.756. The van der Waals surface area contributed by atoms with Gasteiger partial charge < -0.3 is 0 Å². The van der Waals surface area contributed by atoms with E-state index in [4.69, 9.17) is 5.26 Å². The van der Waals surface area contributed by atoms with Crippen LogP contribution in [0.15, 0.2) is 18.2 Å². The number of nitriles is 1. The van der Waals surface area contributed by atoms with Gasteiger partial charge in [-0.25, -0.2) is 8.78 Å². The Kier molecular flexibility index (Phi) is 4.93. The third-order valence-electron chi connectivity index (χ3n) is 2.76. The van der Waals surface area contributed by atoms with E-state index >= 15 is 0 Å². The van der Waals surface area contributed by atoms with Crippen LogP contribution in [-0.2, 0) is 0 Å². The summed E-state index contributed by atoms with van der Waals surface area (Å²) < 4.78 is 26.1. The maximum absolute atomic E-state index is 13.4. The molecule has 0 N–H and O–H groups in total. The number of halogens is 2. The van der Waals surface area contributed by atoms with E-state index in [1.165, 1.54) is 0 Å². The Hall–Kier alpha value is -1.80. The molecule has 0 aromatic heterocycles. The van der Waals surface area contributed by atoms with Gasteiger partial charge in [-0.1, -0.05) is 0 Å². The lowest BCUT2D eigenvalue weighted by molar-refractivity contribution is 0.0921. The second-order valence-corrected chi connectivity index (χ2v) is 4.17. The van der Waals surface area contributed by atoms with Crippen molar-refractivity contribution in [3.8, 4) is 6.07 Å². The summed E-state index contributed by atoms with van der Waals surface area (Å²) in [5.74, 6) is -2.00. The van der Waals surface area contributed by atoms with Gasteiger partial charge in [-0.3, -0.25) is 9.69 Å². The Bertz CT molecular complexity index is 482. The van der Waals surface area contributed by atoms with Crippen molar-refractivity contribution in [3.63, 3.8) is 0 Å². The van der Waals surface area contributed by atoms with Gasteiger partial charge in [0.1, 0.15) is 11.6 Å². The molecule has 1 aromatic carbocycles. The zero-order chi connectivity index (χ0) is 13.7. The van der Waals surface area contributed by atoms with E-state index in [-0.39, 0.29) is 24.6 Å². The van der Waals surface area contributed by atoms with Gasteiger partial charge in [-0.05, 0) is 26.1 Å². The molecule has 0 aliphatic rings. The van der Waals surface area contributed by atoms with Crippen molar-refractivity contribution in [1.29, 1.82) is 5.26 Å². The van der Waals surface area contributed by atoms with Gasteiger partial charge in [0.15, 0.2) is 5.78 Å². The molecule has 0 amide bonds. The Morgan fingerprint density at radius 2 is 2.17 bits per heavy atom. The molecule has 0 fully saturated rings. The van der Waals surface area contributed by atoms with Gasteiger partial charge in [0.2, 0.25) is 0 Å². The van der Waals surface area contributed by atoms with Crippen LogP contribution in [0.25, 0.3) is 0 Å². The smallest absolute Gasteiger partial charge is 0.179 e. The summed E-state index contributed by atoms with van der Waals surface area (Å²) in [5.41, 5.74) is -0.132. The Labute approximate surface area is 105 Å². The number of benzene rings is 1. The van der Waals surface area contributed by atoms with Crippen LogP contribution < -0.4 is 0 Å². The number of likely N-dealkylation sites (N-methyl/N-ethyl adjacent to an activating group) is 1. The summed E-state index contributed by atoms with van der Waals surface area (Å²) in [4.78, 5) is 13.5. The van der Waals surface area contributed by atoms with E-state index in [0.29, 0.717) is 6.07 Å². The third-order valence-corrected chi connectivity index (χ3v) is 2.76. The van der Waals surface area contributed by atoms with Crippen LogP contribution in [0.1, 0.15) is 23.7 Å². The standard InChI is InChI=1S/C13H14F2N2O/c1-9(5-6-16)17(2)8-13(18)11-4-3-10(14)7-12(11)15/h3-4,7,9H,5,8H2,1-2H3. The minimum Gasteiger partial charge on any atom is -0.295 e. The molecule has 0 spiro atoms. The summed E-state index contributed by atoms with van der Waals surface area (Å²) in [6, 6.07) is 4.78. The monoisotopic (exact) mass is 252 g/mol. The zero-order valence-corrected chi connectivity index (χ0v) is 10.3. The number of rotatable bonds is 5. The molecule has 0 saturated carbocycles. The number of nitrogens with zero attached hydrogens (tertiary/aromatic N) is 2. The number of ketones is 1. The summed E-state index contributed by atoms with van der Waals surface area (Å²) in [7, 11) is 1.68. The van der Waals surface area contributed by atoms with Crippen molar-refractivity contribution >= 4 is 5.78 Å². The van der Waals surface area contributed by atoms with E-state index in [2.05, 4.69) is 0 Å². The first-order valence-corrected chi connectivity index (χ1v) is 5.51. The molecule has 0 radical (unpaired) electrons. The number of Topliss-reactive ketones (excluding diaryl/α,β-unsaturated/α-hetero) is 1. The van der Waals surface area contributed by atoms with Crippen LogP contribution >= 0.6 is 0 Å². The lowest BCUT2D eigenvalue weighted by Gasteiger charge is -2.21. The molecule has 0 aliphatic heterocycles. The second-order valence-electron chi connectivity index (χ2n) is 4.17. The highest BCUT2D eigenvalue weighted by Crippen LogP contribution is 2.11. The van der Waals surface area contributed by atoms with Crippen molar-refractivity contribution in [2.45, 2.75) is 19.4 Å². The summed E-state index contributed by atoms with van der Waals surface area (Å²) in [5, 5.41) is 8.55. The van der Waals surface area contributed by atoms with E-state index < -0.39 is 17.4 Å². The molecule has 96 valence electrons. The molecule has 3 nitrogen and oxygen atoms in total. The lowest BCUT2D eigenvalue weighted by atomic mass is 10.1. The van der Waals surface area contributed by atoms with Crippen molar-refractivity contribution in [3.05, 3.63) is 35.4 Å². The van der Waals surface area contributed by atoms with Crippen LogP contribution in [0.2, 0.25) is 0 Å². The summed E-state index contributed by atoms with van der Waals surface area (Å²) in [6.07, 6.45) is 0.287. The fourth-order valence-electron chi connectivity index (χ4n) is 1.47. The Morgan fingerprint density at radius 1 is 1.50 bits per heavy atom. The van der Waals surface area contributed by atoms with E-state index in [1.54, 1.807) is 18.9 Å². The van der Waals surface area contributed by atoms with Crippen molar-refractivity contribution < 1.29 is 13.6 Å². The van der Waals surface area contributed by atoms with Gasteiger partial charge in [0.25, 0.3) is 0 Å². The minimum absolute atomic E-state index is 0.00853. The van der Waals surface area contributed by atoms with Crippen molar-refractivity contribution in [2.75, 3.05) is 13.6 Å². The Balaban J connectivity index is 2.74. The number of hydrogen-bond acceptors (Lipinski definition) is 3. The number of hydrogen-bond donors (Lipinski definition) is 0. The van der Waals surface area contributed by atoms with Crippen LogP contribution in [0.4, 0.5) is 8.78 Å². The zero-order valence-electron chi connectivity index (χ0n) is 10.3. The van der Waals surface area contributed by atoms with Gasteiger partial charge >= 0.3 is 0 Å². The first kappa shape index (κ1) is 14.3. The van der Waals surface area contributed by atoms with Gasteiger partial charge in [-0.2, -0.15) is 5.26 Å². The van der Waals surface area contributed by atoms with E-state index in [1.807, 2.05) is 6.07 Å². The average molecular weight is 252 g/mol. The molecule has 5 heteroatoms. The van der Waals surface area contributed by atoms with Gasteiger partial charge in [0, 0.05) is 12.1 Å². The Morgan fingerprint density at radius 3 is 2.72 bits per heavy atom. The molecule has 1 rings (SSSR count). The van der Waals surface area contributed by atoms with Crippen LogP contribution in [0.5, 0.6) is 0 Å². The van der Waals surface area contributed by atoms with Crippen molar-refractivity contribution in [2.24, 2.45) is 0 Å². The minimum atomic E-state index is -0.860. The van der Waals surface area contributed by atoms with Crippen LogP contribution in [-0.4, -0.2) is 30.3 Å². The van der Waals surface area contributed by atoms with Crippen LogP contribution in [0.3, 0.4) is 0 Å². The normalized spacial score (nSPS) is 12.2. The largest absolute Gasteiger partial charge is 0.295 e. The molecular formula is C13H14F2N2O. The highest BCUT2D eigenvalue weighted by Gasteiger charge is 2.17. The van der Waals surface area contributed by atoms with Gasteiger partial charge in [-0.15, -0.1) is 0 Å². The predicted octanol–water partition coefficient (Wildman–Crippen LogP) is 2.38. The summed E-state index contributed by atoms with van der Waals surface area (Å²) in [6.45, 7) is 1.79. The molecule has 0 bridgehead atoms. The predicted molar refractivity (Wildman–Crippen MR) is 63.0 cm³/mol. The first-order valence-electron chi connectivity index (χ1n) is 5.51. The second kappa shape index (κ2) is 6.22. The van der Waals surface area contributed by atoms with E-state index in [0.717, 1.165) is 12.1 Å². The highest BCUT2D eigenvalue weighted by atomic mass is 19.1. The van der Waals surface area contributed by atoms with E-state index in [9.17, 15) is 13.6 Å². The fourth-order valence-corrected chi connectivity index (χ4v) is 1.47. The van der Waals surface area contributed by atoms with Crippen molar-refractivity contribution in [1.82, 2.24) is 4.90 Å². The molecular weight excluding hydrogens is 238 g/mol. The summed E-state index contributed by atoms with van der Waals surface area (Å²) >= 11 is 0. The molecule has 18 heavy (non-hydrogen) atoms. The third kappa shape index (κ3) is 3.60. The molecule has 0 saturated heterocycles. The molecule has 0 aliphatic carbocycles. The average Bonchev–Trinajstić information content (AvgIpc) is 2.28.